The summed E-state index contributed by atoms with van der Waals surface area (Å²) >= 11 is 0. The first-order valence-corrected chi connectivity index (χ1v) is 8.87. The first kappa shape index (κ1) is 17.3. The van der Waals surface area contributed by atoms with Crippen molar-refractivity contribution < 1.29 is 14.5 Å². The van der Waals surface area contributed by atoms with Crippen LogP contribution in [0.1, 0.15) is 29.2 Å². The van der Waals surface area contributed by atoms with Gasteiger partial charge in [-0.1, -0.05) is 42.5 Å². The molecule has 3 nitrogen and oxygen atoms in total. The molecule has 2 N–H and O–H groups in total. The third-order valence-electron chi connectivity index (χ3n) is 4.56. The highest BCUT2D eigenvalue weighted by Gasteiger charge is 2.14. The summed E-state index contributed by atoms with van der Waals surface area (Å²) in [5, 5.41) is 2.32. The van der Waals surface area contributed by atoms with Crippen molar-refractivity contribution in [2.75, 3.05) is 13.7 Å². The van der Waals surface area contributed by atoms with Crippen molar-refractivity contribution in [2.24, 2.45) is 0 Å². The molecule has 1 atom stereocenters. The number of hydrogen-bond donors (Lipinski definition) is 1. The van der Waals surface area contributed by atoms with E-state index >= 15 is 0 Å². The smallest absolute Gasteiger partial charge is 0.157 e. The monoisotopic (exact) mass is 336 g/mol. The summed E-state index contributed by atoms with van der Waals surface area (Å²) in [7, 11) is 1.71. The molecule has 0 saturated carbocycles. The zero-order valence-corrected chi connectivity index (χ0v) is 14.7. The van der Waals surface area contributed by atoms with Crippen molar-refractivity contribution in [3.8, 4) is 5.75 Å². The van der Waals surface area contributed by atoms with Crippen LogP contribution in [0.4, 0.5) is 0 Å². The van der Waals surface area contributed by atoms with Crippen molar-refractivity contribution in [1.82, 2.24) is 0 Å². The van der Waals surface area contributed by atoms with Crippen molar-refractivity contribution in [3.63, 3.8) is 0 Å². The van der Waals surface area contributed by atoms with Crippen molar-refractivity contribution in [3.05, 3.63) is 89.9 Å². The van der Waals surface area contributed by atoms with Crippen LogP contribution in [0.15, 0.2) is 77.4 Å². The van der Waals surface area contributed by atoms with Crippen LogP contribution in [-0.2, 0) is 13.0 Å². The number of rotatable bonds is 9. The molecule has 0 saturated heterocycles. The molecular formula is C22H26NO2+. The Kier molecular flexibility index (Phi) is 6.29. The second kappa shape index (κ2) is 9.09. The third-order valence-corrected chi connectivity index (χ3v) is 4.56. The zero-order chi connectivity index (χ0) is 17.3. The highest BCUT2D eigenvalue weighted by atomic mass is 16.5. The number of hydrogen-bond acceptors (Lipinski definition) is 2. The number of ether oxygens (including phenoxy) is 1. The van der Waals surface area contributed by atoms with E-state index in [-0.39, 0.29) is 0 Å². The molecule has 0 spiro atoms. The van der Waals surface area contributed by atoms with Gasteiger partial charge in [-0.3, -0.25) is 0 Å². The molecule has 3 aromatic rings. The van der Waals surface area contributed by atoms with Crippen LogP contribution in [-0.4, -0.2) is 13.7 Å². The molecule has 0 fully saturated rings. The highest BCUT2D eigenvalue weighted by molar-refractivity contribution is 5.31. The fourth-order valence-corrected chi connectivity index (χ4v) is 3.15. The van der Waals surface area contributed by atoms with Crippen LogP contribution in [0, 0.1) is 0 Å². The molecule has 25 heavy (non-hydrogen) atoms. The van der Waals surface area contributed by atoms with E-state index in [1.54, 1.807) is 13.4 Å². The molecule has 0 bridgehead atoms. The molecule has 0 amide bonds. The van der Waals surface area contributed by atoms with E-state index in [0.29, 0.717) is 5.92 Å². The predicted octanol–water partition coefficient (Wildman–Crippen LogP) is 3.77. The second-order valence-electron chi connectivity index (χ2n) is 6.31. The minimum atomic E-state index is 0.501. The molecule has 0 aliphatic heterocycles. The lowest BCUT2D eigenvalue weighted by Crippen LogP contribution is -2.82. The molecule has 0 unspecified atom stereocenters. The average Bonchev–Trinajstić information content (AvgIpc) is 3.19. The minimum absolute atomic E-state index is 0.501. The summed E-state index contributed by atoms with van der Waals surface area (Å²) in [5.74, 6) is 2.44. The number of methoxy groups -OCH3 is 1. The SMILES string of the molecule is COc1ccc([C@H](CC[NH2+]Cc2ccco2)Cc2ccccc2)cc1. The molecule has 0 aliphatic rings. The van der Waals surface area contributed by atoms with Crippen LogP contribution in [0.2, 0.25) is 0 Å². The number of benzene rings is 2. The van der Waals surface area contributed by atoms with Crippen LogP contribution in [0.25, 0.3) is 0 Å². The minimum Gasteiger partial charge on any atom is -0.497 e. The summed E-state index contributed by atoms with van der Waals surface area (Å²) < 4.78 is 10.7. The van der Waals surface area contributed by atoms with E-state index in [9.17, 15) is 0 Å². The lowest BCUT2D eigenvalue weighted by molar-refractivity contribution is -0.672. The predicted molar refractivity (Wildman–Crippen MR) is 99.7 cm³/mol. The van der Waals surface area contributed by atoms with Crippen molar-refractivity contribution in [1.29, 1.82) is 0 Å². The maximum Gasteiger partial charge on any atom is 0.157 e. The van der Waals surface area contributed by atoms with Gasteiger partial charge in [0.25, 0.3) is 0 Å². The summed E-state index contributed by atoms with van der Waals surface area (Å²) in [4.78, 5) is 0. The fraction of sp³-hybridized carbons (Fsp3) is 0.273. The fourth-order valence-electron chi connectivity index (χ4n) is 3.15. The molecule has 130 valence electrons. The number of nitrogens with two attached hydrogens (primary N) is 1. The first-order chi connectivity index (χ1) is 12.3. The van der Waals surface area contributed by atoms with E-state index < -0.39 is 0 Å². The van der Waals surface area contributed by atoms with Gasteiger partial charge >= 0.3 is 0 Å². The van der Waals surface area contributed by atoms with E-state index in [0.717, 1.165) is 37.4 Å². The van der Waals surface area contributed by atoms with Gasteiger partial charge in [-0.15, -0.1) is 0 Å². The first-order valence-electron chi connectivity index (χ1n) is 8.87. The van der Waals surface area contributed by atoms with E-state index in [1.807, 2.05) is 12.1 Å². The van der Waals surface area contributed by atoms with Gasteiger partial charge in [-0.2, -0.15) is 0 Å². The van der Waals surface area contributed by atoms with Gasteiger partial charge in [0.1, 0.15) is 12.3 Å². The Bertz CT molecular complexity index is 720. The largest absolute Gasteiger partial charge is 0.497 e. The van der Waals surface area contributed by atoms with Crippen molar-refractivity contribution in [2.45, 2.75) is 25.3 Å². The Hall–Kier alpha value is -2.52. The molecule has 3 rings (SSSR count). The average molecular weight is 336 g/mol. The Labute approximate surface area is 149 Å². The topological polar surface area (TPSA) is 39.0 Å². The molecule has 2 aromatic carbocycles. The van der Waals surface area contributed by atoms with Crippen LogP contribution in [0.3, 0.4) is 0 Å². The van der Waals surface area contributed by atoms with Crippen LogP contribution in [0.5, 0.6) is 5.75 Å². The van der Waals surface area contributed by atoms with Crippen LogP contribution < -0.4 is 10.1 Å². The Balaban J connectivity index is 1.62. The maximum atomic E-state index is 5.40. The molecule has 0 radical (unpaired) electrons. The van der Waals surface area contributed by atoms with Gasteiger partial charge in [-0.25, -0.2) is 0 Å². The number of quaternary nitrogens is 1. The second-order valence-corrected chi connectivity index (χ2v) is 6.31. The third kappa shape index (κ3) is 5.23. The van der Waals surface area contributed by atoms with E-state index in [2.05, 4.69) is 59.9 Å². The molecular weight excluding hydrogens is 310 g/mol. The Morgan fingerprint density at radius 2 is 1.76 bits per heavy atom. The van der Waals surface area contributed by atoms with E-state index in [4.69, 9.17) is 9.15 Å². The molecule has 1 aromatic heterocycles. The standard InChI is InChI=1S/C22H25NO2/c1-24-21-11-9-19(10-12-21)20(16-18-6-3-2-4-7-18)13-14-23-17-22-8-5-15-25-22/h2-12,15,20,23H,13-14,16-17H2,1H3/p+1/t20-/m1/s1. The molecule has 0 aliphatic carbocycles. The molecule has 1 heterocycles. The van der Waals surface area contributed by atoms with Gasteiger partial charge in [0.05, 0.1) is 19.9 Å². The molecule has 3 heteroatoms. The highest BCUT2D eigenvalue weighted by Crippen LogP contribution is 2.25. The number of furan rings is 1. The summed E-state index contributed by atoms with van der Waals surface area (Å²) in [6.07, 6.45) is 3.92. The summed E-state index contributed by atoms with van der Waals surface area (Å²) in [6, 6.07) is 23.2. The van der Waals surface area contributed by atoms with Crippen molar-refractivity contribution >= 4 is 0 Å². The van der Waals surface area contributed by atoms with Crippen LogP contribution >= 0.6 is 0 Å². The van der Waals surface area contributed by atoms with Gasteiger partial charge in [-0.05, 0) is 47.7 Å². The summed E-state index contributed by atoms with van der Waals surface area (Å²) in [5.41, 5.74) is 2.76. The van der Waals surface area contributed by atoms with Gasteiger partial charge in [0.15, 0.2) is 5.76 Å². The van der Waals surface area contributed by atoms with Gasteiger partial charge in [0.2, 0.25) is 0 Å². The Morgan fingerprint density at radius 1 is 0.960 bits per heavy atom. The lowest BCUT2D eigenvalue weighted by Gasteiger charge is -2.17. The zero-order valence-electron chi connectivity index (χ0n) is 14.7. The van der Waals surface area contributed by atoms with Gasteiger partial charge < -0.3 is 14.5 Å². The lowest BCUT2D eigenvalue weighted by atomic mass is 9.89. The normalized spacial score (nSPS) is 12.0. The Morgan fingerprint density at radius 3 is 2.44 bits per heavy atom. The quantitative estimate of drug-likeness (QED) is 0.604. The van der Waals surface area contributed by atoms with E-state index in [1.165, 1.54) is 11.1 Å². The summed E-state index contributed by atoms with van der Waals surface area (Å²) in [6.45, 7) is 1.97. The maximum absolute atomic E-state index is 5.40. The van der Waals surface area contributed by atoms with Gasteiger partial charge in [0, 0.05) is 6.42 Å².